The highest BCUT2D eigenvalue weighted by molar-refractivity contribution is 5.96. The van der Waals surface area contributed by atoms with Crippen LogP contribution in [0.3, 0.4) is 0 Å². The molecule has 5 aromatic rings. The summed E-state index contributed by atoms with van der Waals surface area (Å²) in [5.74, 6) is -0.248. The Balaban J connectivity index is 1.48. The second kappa shape index (κ2) is 10.7. The highest BCUT2D eigenvalue weighted by atomic mass is 19.1. The van der Waals surface area contributed by atoms with Gasteiger partial charge in [-0.3, -0.25) is 19.0 Å². The number of aromatic amines is 1. The third kappa shape index (κ3) is 5.63. The monoisotopic (exact) mass is 556 g/mol. The standard InChI is InChI=1S/C31H33FN6O3/c1-18-10-23(20-12-19(2)29(24(32)13-20)41-16-26-33-17-34-36-26)28-25(11-18)38(30(40)37(28)6)15-27(39)35-22-9-7-8-21(14-22)31(3,4)5/h7-14,17H,15-16H2,1-6H3,(H,35,39)(H,33,34,36). The van der Waals surface area contributed by atoms with E-state index in [9.17, 15) is 9.59 Å². The smallest absolute Gasteiger partial charge is 0.329 e. The Morgan fingerprint density at radius 3 is 2.59 bits per heavy atom. The third-order valence-corrected chi connectivity index (χ3v) is 7.05. The highest BCUT2D eigenvalue weighted by Crippen LogP contribution is 2.34. The van der Waals surface area contributed by atoms with E-state index in [-0.39, 0.29) is 35.9 Å². The predicted octanol–water partition coefficient (Wildman–Crippen LogP) is 5.40. The molecule has 9 nitrogen and oxygen atoms in total. The maximum Gasteiger partial charge on any atom is 0.329 e. The number of carbonyl (C=O) groups is 1. The zero-order valence-corrected chi connectivity index (χ0v) is 24.0. The van der Waals surface area contributed by atoms with Crippen LogP contribution in [0.15, 0.2) is 59.7 Å². The zero-order chi connectivity index (χ0) is 29.5. The summed E-state index contributed by atoms with van der Waals surface area (Å²) in [6.07, 6.45) is 1.36. The van der Waals surface area contributed by atoms with E-state index in [1.165, 1.54) is 21.5 Å². The van der Waals surface area contributed by atoms with Crippen molar-refractivity contribution >= 4 is 22.6 Å². The minimum atomic E-state index is -0.532. The van der Waals surface area contributed by atoms with Gasteiger partial charge in [0.25, 0.3) is 0 Å². The first-order valence-corrected chi connectivity index (χ1v) is 13.3. The minimum absolute atomic E-state index is 0.0473. The summed E-state index contributed by atoms with van der Waals surface area (Å²) >= 11 is 0. The molecule has 5 rings (SSSR count). The number of rotatable bonds is 7. The van der Waals surface area contributed by atoms with Crippen LogP contribution in [-0.2, 0) is 30.4 Å². The number of H-pyrrole nitrogens is 1. The van der Waals surface area contributed by atoms with Crippen LogP contribution in [0.4, 0.5) is 10.1 Å². The SMILES string of the molecule is Cc1cc(-c2cc(C)c(OCc3ncn[nH]3)c(F)c2)c2c(c1)n(CC(=O)Nc1cccc(C(C)(C)C)c1)c(=O)n2C. The number of aromatic nitrogens is 5. The Kier molecular flexibility index (Phi) is 7.25. The van der Waals surface area contributed by atoms with E-state index in [0.29, 0.717) is 39.2 Å². The predicted molar refractivity (Wildman–Crippen MR) is 157 cm³/mol. The van der Waals surface area contributed by atoms with Crippen molar-refractivity contribution in [1.82, 2.24) is 24.3 Å². The molecule has 0 bridgehead atoms. The van der Waals surface area contributed by atoms with E-state index >= 15 is 4.39 Å². The molecule has 1 amide bonds. The van der Waals surface area contributed by atoms with Crippen molar-refractivity contribution in [3.63, 3.8) is 0 Å². The fourth-order valence-electron chi connectivity index (χ4n) is 4.99. The molecule has 0 radical (unpaired) electrons. The van der Waals surface area contributed by atoms with Gasteiger partial charge in [-0.25, -0.2) is 14.2 Å². The normalized spacial score (nSPS) is 11.7. The van der Waals surface area contributed by atoms with Gasteiger partial charge < -0.3 is 10.1 Å². The molecule has 2 aromatic heterocycles. The van der Waals surface area contributed by atoms with Crippen molar-refractivity contribution in [3.8, 4) is 16.9 Å². The maximum absolute atomic E-state index is 15.3. The van der Waals surface area contributed by atoms with Gasteiger partial charge in [-0.15, -0.1) is 0 Å². The number of fused-ring (bicyclic) bond motifs is 1. The number of anilines is 1. The van der Waals surface area contributed by atoms with E-state index in [2.05, 4.69) is 41.3 Å². The molecule has 0 atom stereocenters. The largest absolute Gasteiger partial charge is 0.482 e. The number of nitrogens with zero attached hydrogens (tertiary/aromatic N) is 4. The van der Waals surface area contributed by atoms with Gasteiger partial charge in [0.2, 0.25) is 5.91 Å². The first kappa shape index (κ1) is 27.8. The number of aryl methyl sites for hydroxylation is 3. The lowest BCUT2D eigenvalue weighted by Gasteiger charge is -2.20. The number of halogens is 1. The van der Waals surface area contributed by atoms with Gasteiger partial charge in [-0.1, -0.05) is 32.9 Å². The molecule has 0 saturated heterocycles. The summed E-state index contributed by atoms with van der Waals surface area (Å²) in [6, 6.07) is 14.7. The zero-order valence-electron chi connectivity index (χ0n) is 24.0. The van der Waals surface area contributed by atoms with Gasteiger partial charge in [-0.05, 0) is 77.9 Å². The van der Waals surface area contributed by atoms with Crippen molar-refractivity contribution in [1.29, 1.82) is 0 Å². The average molecular weight is 557 g/mol. The van der Waals surface area contributed by atoms with E-state index in [0.717, 1.165) is 11.1 Å². The first-order valence-electron chi connectivity index (χ1n) is 13.3. The lowest BCUT2D eigenvalue weighted by atomic mass is 9.87. The maximum atomic E-state index is 15.3. The summed E-state index contributed by atoms with van der Waals surface area (Å²) < 4.78 is 23.9. The summed E-state index contributed by atoms with van der Waals surface area (Å²) in [5, 5.41) is 9.39. The third-order valence-electron chi connectivity index (χ3n) is 7.05. The molecule has 2 heterocycles. The van der Waals surface area contributed by atoms with Gasteiger partial charge in [-0.2, -0.15) is 5.10 Å². The molecule has 0 unspecified atom stereocenters. The van der Waals surface area contributed by atoms with Crippen LogP contribution in [0, 0.1) is 19.7 Å². The van der Waals surface area contributed by atoms with Crippen molar-refractivity contribution in [2.45, 2.75) is 53.2 Å². The second-order valence-corrected chi connectivity index (χ2v) is 11.3. The average Bonchev–Trinajstić information content (AvgIpc) is 3.50. The number of carbonyl (C=O) groups excluding carboxylic acids is 1. The van der Waals surface area contributed by atoms with E-state index in [1.807, 2.05) is 49.4 Å². The first-order chi connectivity index (χ1) is 19.4. The highest BCUT2D eigenvalue weighted by Gasteiger charge is 2.21. The van der Waals surface area contributed by atoms with Crippen molar-refractivity contribution in [3.05, 3.63) is 93.7 Å². The van der Waals surface area contributed by atoms with Crippen molar-refractivity contribution in [2.75, 3.05) is 5.32 Å². The Morgan fingerprint density at radius 1 is 1.12 bits per heavy atom. The molecule has 0 spiro atoms. The number of imidazole rings is 1. The number of benzene rings is 3. The van der Waals surface area contributed by atoms with Crippen LogP contribution in [0.25, 0.3) is 22.2 Å². The fraction of sp³-hybridized carbons (Fsp3) is 0.290. The number of amides is 1. The van der Waals surface area contributed by atoms with Crippen LogP contribution < -0.4 is 15.7 Å². The van der Waals surface area contributed by atoms with E-state index in [4.69, 9.17) is 4.74 Å². The topological polar surface area (TPSA) is 107 Å². The van der Waals surface area contributed by atoms with Gasteiger partial charge in [0.05, 0.1) is 11.0 Å². The number of nitrogens with one attached hydrogen (secondary N) is 2. The lowest BCUT2D eigenvalue weighted by molar-refractivity contribution is -0.116. The van der Waals surface area contributed by atoms with Gasteiger partial charge in [0.1, 0.15) is 19.5 Å². The van der Waals surface area contributed by atoms with Crippen molar-refractivity contribution < 1.29 is 13.9 Å². The van der Waals surface area contributed by atoms with Crippen molar-refractivity contribution in [2.24, 2.45) is 7.05 Å². The quantitative estimate of drug-likeness (QED) is 0.279. The molecule has 0 aliphatic rings. The molecule has 0 aliphatic carbocycles. The molecule has 0 aliphatic heterocycles. The number of hydrogen-bond acceptors (Lipinski definition) is 5. The molecule has 212 valence electrons. The Morgan fingerprint density at radius 2 is 1.90 bits per heavy atom. The van der Waals surface area contributed by atoms with Crippen LogP contribution in [0.2, 0.25) is 0 Å². The van der Waals surface area contributed by atoms with Gasteiger partial charge in [0, 0.05) is 18.3 Å². The summed E-state index contributed by atoms with van der Waals surface area (Å²) in [7, 11) is 1.66. The van der Waals surface area contributed by atoms with Crippen LogP contribution in [0.1, 0.15) is 43.3 Å². The molecule has 2 N–H and O–H groups in total. The summed E-state index contributed by atoms with van der Waals surface area (Å²) in [5.41, 5.74) is 5.29. The minimum Gasteiger partial charge on any atom is -0.482 e. The molecule has 41 heavy (non-hydrogen) atoms. The van der Waals surface area contributed by atoms with Gasteiger partial charge in [0.15, 0.2) is 17.4 Å². The molecule has 0 saturated carbocycles. The molecule has 3 aromatic carbocycles. The lowest BCUT2D eigenvalue weighted by Crippen LogP contribution is -2.28. The fourth-order valence-corrected chi connectivity index (χ4v) is 4.99. The van der Waals surface area contributed by atoms with Crippen LogP contribution >= 0.6 is 0 Å². The Labute approximate surface area is 237 Å². The van der Waals surface area contributed by atoms with Gasteiger partial charge >= 0.3 is 5.69 Å². The van der Waals surface area contributed by atoms with E-state index in [1.54, 1.807) is 14.0 Å². The van der Waals surface area contributed by atoms with Crippen LogP contribution in [-0.4, -0.2) is 30.2 Å². The Bertz CT molecular complexity index is 1790. The Hall–Kier alpha value is -4.73. The molecule has 10 heteroatoms. The molecule has 0 fully saturated rings. The number of ether oxygens (including phenoxy) is 1. The molecular formula is C31H33FN6O3. The summed E-state index contributed by atoms with van der Waals surface area (Å²) in [4.78, 5) is 30.5. The molecular weight excluding hydrogens is 523 g/mol. The van der Waals surface area contributed by atoms with Crippen LogP contribution in [0.5, 0.6) is 5.75 Å². The number of hydrogen-bond donors (Lipinski definition) is 2. The second-order valence-electron chi connectivity index (χ2n) is 11.3. The van der Waals surface area contributed by atoms with E-state index < -0.39 is 5.82 Å². The summed E-state index contributed by atoms with van der Waals surface area (Å²) in [6.45, 7) is 9.87.